The van der Waals surface area contributed by atoms with Gasteiger partial charge in [-0.25, -0.2) is 4.98 Å². The van der Waals surface area contributed by atoms with E-state index in [-0.39, 0.29) is 48.0 Å². The van der Waals surface area contributed by atoms with Crippen LogP contribution in [0.25, 0.3) is 22.0 Å². The number of amides is 5. The number of nitrogens with zero attached hydrogens (tertiary/aromatic N) is 5. The topological polar surface area (TPSA) is 179 Å². The molecule has 0 bridgehead atoms. The normalized spacial score (nSPS) is 17.1. The van der Waals surface area contributed by atoms with Crippen LogP contribution in [0.2, 0.25) is 0 Å². The smallest absolute Gasteiger partial charge is 0.266 e. The first-order valence-corrected chi connectivity index (χ1v) is 23.4. The predicted octanol–water partition coefficient (Wildman–Crippen LogP) is 6.77. The number of nitrogens with one attached hydrogen (secondary N) is 3. The lowest BCUT2D eigenvalue weighted by Crippen LogP contribution is -2.54. The molecule has 3 aliphatic heterocycles. The molecule has 3 aromatic heterocycles. The van der Waals surface area contributed by atoms with Crippen molar-refractivity contribution < 1.29 is 28.7 Å². The van der Waals surface area contributed by atoms with Crippen molar-refractivity contribution >= 4 is 46.3 Å². The summed E-state index contributed by atoms with van der Waals surface area (Å²) in [4.78, 5) is 90.8. The number of aromatic amines is 1. The summed E-state index contributed by atoms with van der Waals surface area (Å²) in [5.41, 5.74) is 6.81. The fourth-order valence-corrected chi connectivity index (χ4v) is 9.56. The Morgan fingerprint density at radius 2 is 1.67 bits per heavy atom. The van der Waals surface area contributed by atoms with Crippen molar-refractivity contribution in [3.8, 4) is 16.9 Å². The molecule has 2 saturated heterocycles. The molecule has 1 unspecified atom stereocenters. The van der Waals surface area contributed by atoms with Crippen LogP contribution >= 0.6 is 0 Å². The van der Waals surface area contributed by atoms with Crippen LogP contribution < -0.4 is 25.8 Å². The minimum absolute atomic E-state index is 0.0710. The molecule has 2 fully saturated rings. The maximum Gasteiger partial charge on any atom is 0.266 e. The first-order chi connectivity index (χ1) is 31.8. The standard InChI is InChI=1S/C51H60N8O7/c1-6-34(5)58-30-32(3)45-38(47(61)53-29-39-31(2)25-33(4)54-48(39)62)26-36(27-41(45)58)35-15-17-43(52-28-35)57-22-20-56(21-23-57)19-10-8-7-9-11-24-66-42-14-12-13-37-46(42)51(65)59(50(37)64)40-16-18-44(60)55-49(40)63/h12-15,17,25-28,30,34,40H,6-11,16,18-24,29H2,1-5H3,(H,53,61)(H,54,62)(H,55,60,63)/t34-,40?/m0/s1. The average Bonchev–Trinajstić information content (AvgIpc) is 3.78. The van der Waals surface area contributed by atoms with Crippen LogP contribution in [0.5, 0.6) is 5.75 Å². The van der Waals surface area contributed by atoms with Crippen molar-refractivity contribution in [1.29, 1.82) is 0 Å². The van der Waals surface area contributed by atoms with Gasteiger partial charge < -0.3 is 24.5 Å². The van der Waals surface area contributed by atoms with Crippen molar-refractivity contribution in [2.24, 2.45) is 0 Å². The highest BCUT2D eigenvalue weighted by molar-refractivity contribution is 6.24. The first-order valence-electron chi connectivity index (χ1n) is 23.4. The van der Waals surface area contributed by atoms with Crippen molar-refractivity contribution in [1.82, 2.24) is 35.0 Å². The number of benzene rings is 2. The summed E-state index contributed by atoms with van der Waals surface area (Å²) in [6.45, 7) is 15.4. The Morgan fingerprint density at radius 1 is 0.894 bits per heavy atom. The number of hydrogen-bond acceptors (Lipinski definition) is 10. The molecule has 15 nitrogen and oxygen atoms in total. The second-order valence-corrected chi connectivity index (χ2v) is 18.0. The van der Waals surface area contributed by atoms with Crippen LogP contribution in [0.1, 0.15) is 125 Å². The Morgan fingerprint density at radius 3 is 2.39 bits per heavy atom. The summed E-state index contributed by atoms with van der Waals surface area (Å²) in [6, 6.07) is 14.3. The van der Waals surface area contributed by atoms with Crippen LogP contribution in [0.15, 0.2) is 65.7 Å². The van der Waals surface area contributed by atoms with E-state index in [4.69, 9.17) is 9.72 Å². The van der Waals surface area contributed by atoms with Crippen molar-refractivity contribution in [2.45, 2.75) is 105 Å². The quantitative estimate of drug-likeness (QED) is 0.0667. The Balaban J connectivity index is 0.803. The van der Waals surface area contributed by atoms with Gasteiger partial charge in [0.25, 0.3) is 23.3 Å². The van der Waals surface area contributed by atoms with Gasteiger partial charge in [-0.3, -0.25) is 43.9 Å². The number of H-pyrrole nitrogens is 1. The number of fused-ring (bicyclic) bond motifs is 2. The molecule has 3 aliphatic rings. The van der Waals surface area contributed by atoms with Gasteiger partial charge in [0.1, 0.15) is 17.6 Å². The van der Waals surface area contributed by atoms with E-state index in [1.165, 1.54) is 0 Å². The highest BCUT2D eigenvalue weighted by Gasteiger charge is 2.46. The molecule has 8 rings (SSSR count). The third-order valence-electron chi connectivity index (χ3n) is 13.4. The number of aromatic nitrogens is 3. The number of unbranched alkanes of at least 4 members (excludes halogenated alkanes) is 4. The van der Waals surface area contributed by atoms with Crippen LogP contribution in [0, 0.1) is 20.8 Å². The second-order valence-electron chi connectivity index (χ2n) is 18.0. The van der Waals surface area contributed by atoms with Gasteiger partial charge in [-0.1, -0.05) is 32.3 Å². The molecule has 0 aliphatic carbocycles. The molecule has 5 amide bonds. The molecule has 2 atom stereocenters. The van der Waals surface area contributed by atoms with Gasteiger partial charge in [0.05, 0.1) is 17.7 Å². The second kappa shape index (κ2) is 19.9. The Labute approximate surface area is 384 Å². The molecule has 5 aromatic rings. The summed E-state index contributed by atoms with van der Waals surface area (Å²) in [6.07, 6.45) is 10.2. The Kier molecular flexibility index (Phi) is 13.8. The number of rotatable bonds is 17. The lowest BCUT2D eigenvalue weighted by molar-refractivity contribution is -0.136. The molecule has 0 radical (unpaired) electrons. The fraction of sp³-hybridized carbons (Fsp3) is 0.431. The maximum atomic E-state index is 14.0. The number of anilines is 1. The van der Waals surface area contributed by atoms with Crippen molar-refractivity contribution in [2.75, 3.05) is 44.2 Å². The Hall–Kier alpha value is -6.61. The van der Waals surface area contributed by atoms with E-state index < -0.39 is 29.7 Å². The molecule has 15 heteroatoms. The molecule has 6 heterocycles. The number of pyridine rings is 2. The minimum atomic E-state index is -1.01. The third kappa shape index (κ3) is 9.53. The molecular weight excluding hydrogens is 837 g/mol. The summed E-state index contributed by atoms with van der Waals surface area (Å²) >= 11 is 0. The van der Waals surface area contributed by atoms with E-state index in [1.54, 1.807) is 18.2 Å². The molecule has 0 saturated carbocycles. The van der Waals surface area contributed by atoms with Crippen LogP contribution in [-0.4, -0.2) is 99.2 Å². The average molecular weight is 897 g/mol. The monoisotopic (exact) mass is 896 g/mol. The van der Waals surface area contributed by atoms with E-state index in [1.807, 2.05) is 39.1 Å². The van der Waals surface area contributed by atoms with Crippen molar-refractivity contribution in [3.63, 3.8) is 0 Å². The largest absolute Gasteiger partial charge is 0.493 e. The highest BCUT2D eigenvalue weighted by atomic mass is 16.5. The van der Waals surface area contributed by atoms with Crippen LogP contribution in [0.3, 0.4) is 0 Å². The SMILES string of the molecule is CC[C@H](C)n1cc(C)c2c(C(=O)NCc3c(C)cc(C)[nH]c3=O)cc(-c3ccc(N4CCN(CCCCCCCOc5cccc6c5C(=O)N(C5CCC(=O)NC5=O)C6=O)CC4)nc3)cc21. The van der Waals surface area contributed by atoms with Gasteiger partial charge in [-0.15, -0.1) is 0 Å². The van der Waals surface area contributed by atoms with Gasteiger partial charge in [0.15, 0.2) is 0 Å². The van der Waals surface area contributed by atoms with Gasteiger partial charge in [-0.05, 0) is 119 Å². The number of ether oxygens (including phenoxy) is 1. The number of piperidine rings is 1. The maximum absolute atomic E-state index is 14.0. The van der Waals surface area contributed by atoms with Crippen LogP contribution in [-0.2, 0) is 16.1 Å². The van der Waals surface area contributed by atoms with Gasteiger partial charge >= 0.3 is 0 Å². The van der Waals surface area contributed by atoms with Crippen LogP contribution in [0.4, 0.5) is 5.82 Å². The molecule has 2 aromatic carbocycles. The fourth-order valence-electron chi connectivity index (χ4n) is 9.56. The summed E-state index contributed by atoms with van der Waals surface area (Å²) in [7, 11) is 0. The number of imide groups is 2. The molecule has 0 spiro atoms. The summed E-state index contributed by atoms with van der Waals surface area (Å²) < 4.78 is 8.26. The van der Waals surface area contributed by atoms with E-state index in [2.05, 4.69) is 68.2 Å². The van der Waals surface area contributed by atoms with Gasteiger partial charge in [-0.2, -0.15) is 0 Å². The van der Waals surface area contributed by atoms with E-state index >= 15 is 0 Å². The zero-order valence-electron chi connectivity index (χ0n) is 38.6. The van der Waals surface area contributed by atoms with E-state index in [9.17, 15) is 28.8 Å². The third-order valence-corrected chi connectivity index (χ3v) is 13.4. The number of carbonyl (C=O) groups is 5. The zero-order valence-corrected chi connectivity index (χ0v) is 38.6. The van der Waals surface area contributed by atoms with Gasteiger partial charge in [0.2, 0.25) is 11.8 Å². The lowest BCUT2D eigenvalue weighted by atomic mass is 9.98. The molecular formula is C51H60N8O7. The summed E-state index contributed by atoms with van der Waals surface area (Å²) in [5.74, 6) is -1.10. The molecule has 66 heavy (non-hydrogen) atoms. The number of piperazine rings is 1. The van der Waals surface area contributed by atoms with E-state index in [0.717, 1.165) is 121 Å². The number of hydrogen-bond donors (Lipinski definition) is 3. The summed E-state index contributed by atoms with van der Waals surface area (Å²) in [5, 5.41) is 6.18. The van der Waals surface area contributed by atoms with Gasteiger partial charge in [0, 0.05) is 90.9 Å². The zero-order chi connectivity index (χ0) is 46.6. The Bertz CT molecular complexity index is 2730. The van der Waals surface area contributed by atoms with Crippen molar-refractivity contribution in [3.05, 3.63) is 110 Å². The lowest BCUT2D eigenvalue weighted by Gasteiger charge is -2.35. The molecule has 3 N–H and O–H groups in total. The highest BCUT2D eigenvalue weighted by Crippen LogP contribution is 2.35. The van der Waals surface area contributed by atoms with E-state index in [0.29, 0.717) is 23.5 Å². The predicted molar refractivity (Wildman–Crippen MR) is 253 cm³/mol. The number of carbonyl (C=O) groups excluding carboxylic acids is 5. The first kappa shape index (κ1) is 45.9. The number of aryl methyl sites for hydroxylation is 3. The molecule has 346 valence electrons. The minimum Gasteiger partial charge on any atom is -0.493 e.